The van der Waals surface area contributed by atoms with Crippen molar-refractivity contribution in [3.05, 3.63) is 76.2 Å². The van der Waals surface area contributed by atoms with Gasteiger partial charge in [0.15, 0.2) is 12.2 Å². The number of nitrogens with zero attached hydrogens (tertiary/aromatic N) is 2. The fourth-order valence-corrected chi connectivity index (χ4v) is 3.79. The van der Waals surface area contributed by atoms with Crippen molar-refractivity contribution in [2.24, 2.45) is 0 Å². The molecule has 26 heavy (non-hydrogen) atoms. The monoisotopic (exact) mass is 450 g/mol. The van der Waals surface area contributed by atoms with Crippen LogP contribution in [0.3, 0.4) is 0 Å². The summed E-state index contributed by atoms with van der Waals surface area (Å²) >= 11 is 12.2. The molecule has 0 N–H and O–H groups in total. The molecule has 0 saturated carbocycles. The molecule has 2 heterocycles. The molecule has 6 heteroatoms. The third-order valence-corrected chi connectivity index (χ3v) is 5.20. The first-order valence-corrected chi connectivity index (χ1v) is 9.04. The molecule has 0 unspecified atom stereocenters. The number of hydrogen-bond donors (Lipinski definition) is 0. The highest BCUT2D eigenvalue weighted by molar-refractivity contribution is 6.33. The Balaban J connectivity index is 0.00000196. The summed E-state index contributed by atoms with van der Waals surface area (Å²) in [5.41, 5.74) is 2.80. The number of benzene rings is 2. The van der Waals surface area contributed by atoms with Gasteiger partial charge in [-0.25, -0.2) is 9.13 Å². The summed E-state index contributed by atoms with van der Waals surface area (Å²) < 4.78 is 4.35. The van der Waals surface area contributed by atoms with Crippen molar-refractivity contribution in [2.45, 2.75) is 25.9 Å². The van der Waals surface area contributed by atoms with Gasteiger partial charge in [-0.05, 0) is 42.8 Å². The summed E-state index contributed by atoms with van der Waals surface area (Å²) in [5, 5.41) is 1.22. The number of hydrogen-bond acceptors (Lipinski definition) is 1. The second kappa shape index (κ2) is 7.95. The van der Waals surface area contributed by atoms with E-state index in [-0.39, 0.29) is 22.8 Å². The van der Waals surface area contributed by atoms with E-state index in [0.29, 0.717) is 17.1 Å². The molecule has 0 fully saturated rings. The average Bonchev–Trinajstić information content (AvgIpc) is 3.20. The number of aromatic nitrogens is 2. The number of imidazole rings is 1. The lowest BCUT2D eigenvalue weighted by Crippen LogP contribution is -3.00. The Morgan fingerprint density at radius 2 is 1.81 bits per heavy atom. The van der Waals surface area contributed by atoms with Crippen LogP contribution in [0.1, 0.15) is 22.6 Å². The van der Waals surface area contributed by atoms with Gasteiger partial charge in [0.1, 0.15) is 6.20 Å². The average molecular weight is 452 g/mol. The van der Waals surface area contributed by atoms with E-state index in [2.05, 4.69) is 15.3 Å². The predicted molar refractivity (Wildman–Crippen MR) is 99.2 cm³/mol. The number of fused-ring (bicyclic) bond motifs is 1. The molecule has 1 aliphatic rings. The van der Waals surface area contributed by atoms with Crippen LogP contribution in [0.15, 0.2) is 54.7 Å². The third-order valence-electron chi connectivity index (χ3n) is 4.62. The Bertz CT molecular complexity index is 951. The Kier molecular flexibility index (Phi) is 5.86. The van der Waals surface area contributed by atoms with E-state index in [4.69, 9.17) is 23.2 Å². The Morgan fingerprint density at radius 3 is 2.54 bits per heavy atom. The maximum absolute atomic E-state index is 12.7. The second-order valence-corrected chi connectivity index (χ2v) is 7.07. The van der Waals surface area contributed by atoms with Gasteiger partial charge in [-0.3, -0.25) is 4.79 Å². The van der Waals surface area contributed by atoms with Crippen molar-refractivity contribution in [1.82, 2.24) is 4.57 Å². The van der Waals surface area contributed by atoms with Crippen LogP contribution in [-0.4, -0.2) is 10.4 Å². The minimum Gasteiger partial charge on any atom is -1.00 e. The van der Waals surface area contributed by atoms with E-state index in [1.807, 2.05) is 36.4 Å². The van der Waals surface area contributed by atoms with Gasteiger partial charge in [-0.15, -0.1) is 0 Å². The zero-order chi connectivity index (χ0) is 17.4. The van der Waals surface area contributed by atoms with Gasteiger partial charge in [0.2, 0.25) is 5.78 Å². The smallest absolute Gasteiger partial charge is 0.257 e. The van der Waals surface area contributed by atoms with Crippen LogP contribution in [0.2, 0.25) is 10.0 Å². The third kappa shape index (κ3) is 3.59. The molecule has 0 atom stereocenters. The lowest BCUT2D eigenvalue weighted by atomic mass is 10.1. The highest BCUT2D eigenvalue weighted by Gasteiger charge is 2.30. The first-order valence-electron chi connectivity index (χ1n) is 8.29. The maximum atomic E-state index is 12.7. The van der Waals surface area contributed by atoms with Gasteiger partial charge in [-0.2, -0.15) is 0 Å². The van der Waals surface area contributed by atoms with Crippen molar-refractivity contribution in [3.63, 3.8) is 0 Å². The van der Waals surface area contributed by atoms with Crippen LogP contribution in [0.5, 0.6) is 0 Å². The molecule has 0 amide bonds. The minimum absolute atomic E-state index is 0. The van der Waals surface area contributed by atoms with Crippen molar-refractivity contribution < 1.29 is 26.3 Å². The topological polar surface area (TPSA) is 25.9 Å². The first-order chi connectivity index (χ1) is 12.1. The van der Waals surface area contributed by atoms with Gasteiger partial charge >= 0.3 is 0 Å². The van der Waals surface area contributed by atoms with Crippen LogP contribution >= 0.6 is 23.2 Å². The minimum atomic E-state index is 0. The van der Waals surface area contributed by atoms with E-state index in [1.165, 1.54) is 5.82 Å². The fraction of sp³-hybridized carbons (Fsp3) is 0.200. The fourth-order valence-electron chi connectivity index (χ4n) is 3.42. The van der Waals surface area contributed by atoms with Gasteiger partial charge in [0, 0.05) is 16.1 Å². The van der Waals surface area contributed by atoms with Crippen LogP contribution in [0.25, 0.3) is 11.3 Å². The van der Waals surface area contributed by atoms with E-state index >= 15 is 0 Å². The molecule has 3 aromatic rings. The summed E-state index contributed by atoms with van der Waals surface area (Å²) in [5.74, 6) is 1.21. The first kappa shape index (κ1) is 19.2. The summed E-state index contributed by atoms with van der Waals surface area (Å²) in [7, 11) is 0. The summed E-state index contributed by atoms with van der Waals surface area (Å²) in [6, 6.07) is 15.0. The largest absolute Gasteiger partial charge is 1.00 e. The number of carbonyl (C=O) groups excluding carboxylic acids is 1. The Hall–Kier alpha value is -1.62. The number of rotatable bonds is 4. The van der Waals surface area contributed by atoms with Crippen LogP contribution in [0.4, 0.5) is 0 Å². The van der Waals surface area contributed by atoms with Gasteiger partial charge in [0.25, 0.3) is 5.82 Å². The number of halogens is 3. The Morgan fingerprint density at radius 1 is 1.08 bits per heavy atom. The zero-order valence-electron chi connectivity index (χ0n) is 14.0. The maximum Gasteiger partial charge on any atom is 0.257 e. The molecular weight excluding hydrogens is 435 g/mol. The SMILES string of the molecule is O=C(C[n+]1cc(-c2ccc(Cl)cc2)n2c1CCC2)c1ccccc1Cl.[Br-]. The lowest BCUT2D eigenvalue weighted by Gasteiger charge is -2.02. The summed E-state index contributed by atoms with van der Waals surface area (Å²) in [4.78, 5) is 12.7. The van der Waals surface area contributed by atoms with E-state index in [9.17, 15) is 4.79 Å². The van der Waals surface area contributed by atoms with Gasteiger partial charge in [-0.1, -0.05) is 35.3 Å². The highest BCUT2D eigenvalue weighted by Crippen LogP contribution is 2.26. The van der Waals surface area contributed by atoms with Gasteiger partial charge in [0.05, 0.1) is 18.0 Å². The molecule has 0 spiro atoms. The Labute approximate surface area is 172 Å². The molecule has 2 aromatic carbocycles. The van der Waals surface area contributed by atoms with Crippen molar-refractivity contribution in [3.8, 4) is 11.3 Å². The lowest BCUT2D eigenvalue weighted by molar-refractivity contribution is -0.689. The number of Topliss-reactive ketones (excluding diaryl/α,β-unsaturated/α-hetero) is 1. The highest BCUT2D eigenvalue weighted by atomic mass is 79.9. The van der Waals surface area contributed by atoms with E-state index in [0.717, 1.165) is 35.7 Å². The molecule has 134 valence electrons. The normalized spacial score (nSPS) is 12.5. The van der Waals surface area contributed by atoms with Crippen molar-refractivity contribution >= 4 is 29.0 Å². The zero-order valence-corrected chi connectivity index (χ0v) is 17.1. The van der Waals surface area contributed by atoms with Crippen molar-refractivity contribution in [2.75, 3.05) is 0 Å². The molecule has 1 aromatic heterocycles. The molecule has 1 aliphatic heterocycles. The molecule has 4 rings (SSSR count). The second-order valence-electron chi connectivity index (χ2n) is 6.22. The molecule has 0 bridgehead atoms. The van der Waals surface area contributed by atoms with Crippen LogP contribution in [0, 0.1) is 0 Å². The molecular formula is C20H17BrCl2N2O. The standard InChI is InChI=1S/C20H17Cl2N2O.BrH/c21-15-9-7-14(8-10-15)18-12-23(20-6-3-11-24(18)20)13-19(25)16-4-1-2-5-17(16)22;/h1-2,4-5,7-10,12H,3,6,11,13H2;1H/q+1;/p-1. The van der Waals surface area contributed by atoms with Gasteiger partial charge < -0.3 is 17.0 Å². The number of ketones is 1. The predicted octanol–water partition coefficient (Wildman–Crippen LogP) is 1.58. The quantitative estimate of drug-likeness (QED) is 0.437. The molecule has 0 radical (unpaired) electrons. The van der Waals surface area contributed by atoms with E-state index < -0.39 is 0 Å². The van der Waals surface area contributed by atoms with Crippen LogP contribution < -0.4 is 21.5 Å². The summed E-state index contributed by atoms with van der Waals surface area (Å²) in [6.45, 7) is 1.27. The number of carbonyl (C=O) groups is 1. The van der Waals surface area contributed by atoms with Crippen molar-refractivity contribution in [1.29, 1.82) is 0 Å². The summed E-state index contributed by atoms with van der Waals surface area (Å²) in [6.07, 6.45) is 4.13. The van der Waals surface area contributed by atoms with E-state index in [1.54, 1.807) is 12.1 Å². The van der Waals surface area contributed by atoms with Crippen LogP contribution in [-0.2, 0) is 19.5 Å². The molecule has 0 aliphatic carbocycles. The molecule has 0 saturated heterocycles. The molecule has 3 nitrogen and oxygen atoms in total.